The summed E-state index contributed by atoms with van der Waals surface area (Å²) >= 11 is 19.0. The normalized spacial score (nSPS) is 10.6. The molecule has 2 aromatic carbocycles. The van der Waals surface area contributed by atoms with E-state index in [0.29, 0.717) is 44.0 Å². The van der Waals surface area contributed by atoms with Crippen molar-refractivity contribution in [1.82, 2.24) is 14.8 Å². The first-order chi connectivity index (χ1) is 15.3. The summed E-state index contributed by atoms with van der Waals surface area (Å²) in [4.78, 5) is 24.7. The van der Waals surface area contributed by atoms with Gasteiger partial charge < -0.3 is 15.2 Å². The van der Waals surface area contributed by atoms with Gasteiger partial charge in [-0.15, -0.1) is 16.8 Å². The number of anilines is 2. The Hall–Kier alpha value is -2.52. The van der Waals surface area contributed by atoms with E-state index < -0.39 is 0 Å². The van der Waals surface area contributed by atoms with E-state index in [4.69, 9.17) is 34.8 Å². The second kappa shape index (κ2) is 11.4. The van der Waals surface area contributed by atoms with Crippen LogP contribution in [0.4, 0.5) is 11.4 Å². The van der Waals surface area contributed by atoms with Crippen molar-refractivity contribution in [3.05, 3.63) is 76.0 Å². The van der Waals surface area contributed by atoms with Crippen molar-refractivity contribution in [2.75, 3.05) is 16.4 Å². The first-order valence-corrected chi connectivity index (χ1v) is 11.4. The number of hydrogen-bond donors (Lipinski definition) is 2. The quantitative estimate of drug-likeness (QED) is 0.300. The van der Waals surface area contributed by atoms with E-state index in [9.17, 15) is 9.59 Å². The zero-order chi connectivity index (χ0) is 23.1. The van der Waals surface area contributed by atoms with E-state index in [1.807, 2.05) is 0 Å². The van der Waals surface area contributed by atoms with Crippen LogP contribution in [0.5, 0.6) is 0 Å². The van der Waals surface area contributed by atoms with Gasteiger partial charge in [0.05, 0.1) is 12.2 Å². The van der Waals surface area contributed by atoms with Crippen molar-refractivity contribution in [1.29, 1.82) is 0 Å². The molecule has 0 unspecified atom stereocenters. The Labute approximate surface area is 204 Å². The Balaban J connectivity index is 1.62. The molecule has 11 heteroatoms. The Kier molecular flexibility index (Phi) is 8.58. The third-order valence-corrected chi connectivity index (χ3v) is 5.69. The fourth-order valence-electron chi connectivity index (χ4n) is 2.70. The molecule has 1 heterocycles. The van der Waals surface area contributed by atoms with Gasteiger partial charge in [-0.25, -0.2) is 0 Å². The summed E-state index contributed by atoms with van der Waals surface area (Å²) < 4.78 is 1.74. The Morgan fingerprint density at radius 1 is 0.938 bits per heavy atom. The molecule has 7 nitrogen and oxygen atoms in total. The van der Waals surface area contributed by atoms with Crippen LogP contribution in [0.2, 0.25) is 15.1 Å². The number of nitrogens with zero attached hydrogens (tertiary/aromatic N) is 3. The first kappa shape index (κ1) is 24.1. The number of halogens is 3. The highest BCUT2D eigenvalue weighted by atomic mass is 35.5. The number of aromatic nitrogens is 3. The van der Waals surface area contributed by atoms with Gasteiger partial charge in [0.25, 0.3) is 0 Å². The second-order valence-electron chi connectivity index (χ2n) is 6.52. The summed E-state index contributed by atoms with van der Waals surface area (Å²) in [6, 6.07) is 11.6. The number of carbonyl (C=O) groups excluding carboxylic acids is 2. The third kappa shape index (κ3) is 7.00. The summed E-state index contributed by atoms with van der Waals surface area (Å²) in [5, 5.41) is 15.7. The Bertz CT molecular complexity index is 1110. The van der Waals surface area contributed by atoms with Gasteiger partial charge in [0.2, 0.25) is 11.8 Å². The minimum atomic E-state index is -0.261. The van der Waals surface area contributed by atoms with Crippen molar-refractivity contribution < 1.29 is 9.59 Å². The summed E-state index contributed by atoms with van der Waals surface area (Å²) in [7, 11) is 0. The molecule has 3 rings (SSSR count). The lowest BCUT2D eigenvalue weighted by Gasteiger charge is -2.09. The molecule has 2 amide bonds. The smallest absolute Gasteiger partial charge is 0.234 e. The molecule has 0 atom stereocenters. The summed E-state index contributed by atoms with van der Waals surface area (Å²) in [6.45, 7) is 4.13. The maximum absolute atomic E-state index is 12.4. The van der Waals surface area contributed by atoms with Gasteiger partial charge in [0.1, 0.15) is 5.82 Å². The summed E-state index contributed by atoms with van der Waals surface area (Å²) in [6.07, 6.45) is 1.68. The van der Waals surface area contributed by atoms with Gasteiger partial charge >= 0.3 is 0 Å². The molecule has 0 saturated carbocycles. The monoisotopic (exact) mass is 509 g/mol. The molecule has 0 radical (unpaired) electrons. The maximum Gasteiger partial charge on any atom is 0.234 e. The molecular formula is C21H18Cl3N5O2S. The van der Waals surface area contributed by atoms with Crippen LogP contribution in [0.3, 0.4) is 0 Å². The van der Waals surface area contributed by atoms with Gasteiger partial charge in [-0.3, -0.25) is 9.59 Å². The SMILES string of the molecule is C=CCn1c(CC(=O)Nc2ccc(Cl)cc2)nnc1SCC(=O)Nc1cc(Cl)cc(Cl)c1. The van der Waals surface area contributed by atoms with E-state index in [0.717, 1.165) is 0 Å². The number of benzene rings is 2. The van der Waals surface area contributed by atoms with Gasteiger partial charge in [0, 0.05) is 33.0 Å². The van der Waals surface area contributed by atoms with Crippen LogP contribution in [0.15, 0.2) is 60.3 Å². The van der Waals surface area contributed by atoms with Gasteiger partial charge in [-0.05, 0) is 42.5 Å². The molecule has 0 saturated heterocycles. The van der Waals surface area contributed by atoms with Crippen molar-refractivity contribution in [2.24, 2.45) is 0 Å². The number of hydrogen-bond acceptors (Lipinski definition) is 5. The van der Waals surface area contributed by atoms with Crippen LogP contribution in [0, 0.1) is 0 Å². The topological polar surface area (TPSA) is 88.9 Å². The molecule has 32 heavy (non-hydrogen) atoms. The molecule has 3 aromatic rings. The van der Waals surface area contributed by atoms with Crippen molar-refractivity contribution in [3.8, 4) is 0 Å². The largest absolute Gasteiger partial charge is 0.326 e. The molecule has 2 N–H and O–H groups in total. The second-order valence-corrected chi connectivity index (χ2v) is 8.78. The van der Waals surface area contributed by atoms with Crippen LogP contribution in [-0.4, -0.2) is 32.3 Å². The molecule has 0 fully saturated rings. The average molecular weight is 511 g/mol. The molecule has 0 bridgehead atoms. The summed E-state index contributed by atoms with van der Waals surface area (Å²) in [5.74, 6) is 0.0256. The highest BCUT2D eigenvalue weighted by molar-refractivity contribution is 7.99. The predicted molar refractivity (Wildman–Crippen MR) is 130 cm³/mol. The molecule has 166 valence electrons. The van der Waals surface area contributed by atoms with E-state index >= 15 is 0 Å². The number of nitrogens with one attached hydrogen (secondary N) is 2. The number of amides is 2. The molecule has 0 spiro atoms. The minimum Gasteiger partial charge on any atom is -0.326 e. The minimum absolute atomic E-state index is 0.0111. The van der Waals surface area contributed by atoms with E-state index in [1.54, 1.807) is 53.1 Å². The predicted octanol–water partition coefficient (Wildman–Crippen LogP) is 5.34. The lowest BCUT2D eigenvalue weighted by atomic mass is 10.3. The lowest BCUT2D eigenvalue weighted by Crippen LogP contribution is -2.18. The number of allylic oxidation sites excluding steroid dienone is 1. The lowest BCUT2D eigenvalue weighted by molar-refractivity contribution is -0.116. The zero-order valence-corrected chi connectivity index (χ0v) is 19.7. The molecule has 0 aliphatic carbocycles. The fourth-order valence-corrected chi connectivity index (χ4v) is 4.12. The van der Waals surface area contributed by atoms with Crippen LogP contribution < -0.4 is 10.6 Å². The Morgan fingerprint density at radius 3 is 2.25 bits per heavy atom. The highest BCUT2D eigenvalue weighted by Gasteiger charge is 2.16. The molecule has 0 aliphatic rings. The van der Waals surface area contributed by atoms with Gasteiger partial charge in [-0.2, -0.15) is 0 Å². The van der Waals surface area contributed by atoms with E-state index in [1.165, 1.54) is 11.8 Å². The van der Waals surface area contributed by atoms with Gasteiger partial charge in [0.15, 0.2) is 5.16 Å². The van der Waals surface area contributed by atoms with Gasteiger partial charge in [-0.1, -0.05) is 52.6 Å². The maximum atomic E-state index is 12.4. The molecular weight excluding hydrogens is 493 g/mol. The number of rotatable bonds is 9. The van der Waals surface area contributed by atoms with E-state index in [-0.39, 0.29) is 24.0 Å². The molecule has 1 aromatic heterocycles. The average Bonchev–Trinajstić information content (AvgIpc) is 3.09. The van der Waals surface area contributed by atoms with Crippen LogP contribution in [0.25, 0.3) is 0 Å². The Morgan fingerprint density at radius 2 is 1.59 bits per heavy atom. The van der Waals surface area contributed by atoms with Crippen LogP contribution >= 0.6 is 46.6 Å². The van der Waals surface area contributed by atoms with Crippen molar-refractivity contribution >= 4 is 69.8 Å². The zero-order valence-electron chi connectivity index (χ0n) is 16.6. The fraction of sp³-hybridized carbons (Fsp3) is 0.143. The van der Waals surface area contributed by atoms with Crippen LogP contribution in [0.1, 0.15) is 5.82 Å². The van der Waals surface area contributed by atoms with Crippen molar-refractivity contribution in [3.63, 3.8) is 0 Å². The number of thioether (sulfide) groups is 1. The third-order valence-electron chi connectivity index (χ3n) is 4.03. The highest BCUT2D eigenvalue weighted by Crippen LogP contribution is 2.23. The standard InChI is InChI=1S/C21H18Cl3N5O2S/c1-2-7-29-18(11-19(30)25-16-5-3-13(22)4-6-16)27-28-21(29)32-12-20(31)26-17-9-14(23)8-15(24)10-17/h2-6,8-10H,1,7,11-12H2,(H,25,30)(H,26,31). The first-order valence-electron chi connectivity index (χ1n) is 9.31. The van der Waals surface area contributed by atoms with Crippen molar-refractivity contribution in [2.45, 2.75) is 18.1 Å². The van der Waals surface area contributed by atoms with Crippen LogP contribution in [-0.2, 0) is 22.6 Å². The van der Waals surface area contributed by atoms with E-state index in [2.05, 4.69) is 27.4 Å². The number of carbonyl (C=O) groups is 2. The molecule has 0 aliphatic heterocycles. The summed E-state index contributed by atoms with van der Waals surface area (Å²) in [5.41, 5.74) is 1.13.